The van der Waals surface area contributed by atoms with Crippen molar-refractivity contribution in [1.29, 1.82) is 0 Å². The van der Waals surface area contributed by atoms with Crippen molar-refractivity contribution in [1.82, 2.24) is 4.90 Å². The number of imide groups is 1. The van der Waals surface area contributed by atoms with E-state index in [4.69, 9.17) is 0 Å². The molecule has 0 radical (unpaired) electrons. The number of carbonyl (C=O) groups is 2. The van der Waals surface area contributed by atoms with Gasteiger partial charge in [-0.3, -0.25) is 14.5 Å². The first-order chi connectivity index (χ1) is 19.1. The standard InChI is InChI=1S/C36H23NO2/c1-37-35(38)32-16-8-15-25-24(19-22-33(34(25)32)36(37)39)18-21-31-28-13-6-4-11-26(28)30(20-17-23-9-2-3-10-23)27-12-5-7-14-29(27)31/h2-17,19-20,22-23H,1H3/b20-17+. The summed E-state index contributed by atoms with van der Waals surface area (Å²) in [4.78, 5) is 26.8. The zero-order chi connectivity index (χ0) is 26.5. The summed E-state index contributed by atoms with van der Waals surface area (Å²) in [5, 5.41) is 5.99. The van der Waals surface area contributed by atoms with Gasteiger partial charge in [0.05, 0.1) is 0 Å². The van der Waals surface area contributed by atoms with Crippen molar-refractivity contribution in [3.63, 3.8) is 0 Å². The molecule has 0 unspecified atom stereocenters. The van der Waals surface area contributed by atoms with E-state index < -0.39 is 0 Å². The predicted octanol–water partition coefficient (Wildman–Crippen LogP) is 7.53. The molecule has 0 atom stereocenters. The Kier molecular flexibility index (Phi) is 5.28. The van der Waals surface area contributed by atoms with Gasteiger partial charge in [0, 0.05) is 40.6 Å². The van der Waals surface area contributed by atoms with Crippen LogP contribution in [0.4, 0.5) is 0 Å². The van der Waals surface area contributed by atoms with Gasteiger partial charge in [-0.1, -0.05) is 109 Å². The Bertz CT molecular complexity index is 1940. The van der Waals surface area contributed by atoms with E-state index in [0.717, 1.165) is 38.1 Å². The number of benzene rings is 5. The van der Waals surface area contributed by atoms with Crippen LogP contribution in [0.2, 0.25) is 0 Å². The highest BCUT2D eigenvalue weighted by molar-refractivity contribution is 6.26. The maximum absolute atomic E-state index is 12.8. The van der Waals surface area contributed by atoms with Crippen molar-refractivity contribution < 1.29 is 9.59 Å². The van der Waals surface area contributed by atoms with Crippen LogP contribution in [-0.4, -0.2) is 23.8 Å². The SMILES string of the molecule is CN1C(=O)c2cccc3c(C#Cc4c5ccccc5c(/C=C/C5C=CC=C5)c5ccccc45)ccc(c23)C1=O. The molecule has 184 valence electrons. The number of allylic oxidation sites excluding steroid dienone is 5. The summed E-state index contributed by atoms with van der Waals surface area (Å²) in [6.45, 7) is 0. The van der Waals surface area contributed by atoms with E-state index in [-0.39, 0.29) is 11.8 Å². The summed E-state index contributed by atoms with van der Waals surface area (Å²) in [7, 11) is 1.52. The lowest BCUT2D eigenvalue weighted by atomic mass is 9.90. The third-order valence-electron chi connectivity index (χ3n) is 7.67. The second-order valence-corrected chi connectivity index (χ2v) is 9.89. The minimum Gasteiger partial charge on any atom is -0.277 e. The smallest absolute Gasteiger partial charge is 0.261 e. The normalized spacial score (nSPS) is 14.7. The van der Waals surface area contributed by atoms with E-state index in [1.54, 1.807) is 12.1 Å². The number of hydrogen-bond donors (Lipinski definition) is 0. The first-order valence-electron chi connectivity index (χ1n) is 13.0. The van der Waals surface area contributed by atoms with Gasteiger partial charge in [-0.05, 0) is 50.7 Å². The summed E-state index contributed by atoms with van der Waals surface area (Å²) >= 11 is 0. The van der Waals surface area contributed by atoms with Gasteiger partial charge < -0.3 is 0 Å². The number of rotatable bonds is 2. The Balaban J connectivity index is 1.45. The van der Waals surface area contributed by atoms with E-state index in [9.17, 15) is 9.59 Å². The van der Waals surface area contributed by atoms with Gasteiger partial charge >= 0.3 is 0 Å². The molecular weight excluding hydrogens is 478 g/mol. The molecule has 0 aromatic heterocycles. The van der Waals surface area contributed by atoms with Crippen molar-refractivity contribution >= 4 is 50.2 Å². The summed E-state index contributed by atoms with van der Waals surface area (Å²) in [6.07, 6.45) is 13.0. The molecule has 5 aromatic rings. The molecule has 0 fully saturated rings. The molecular formula is C36H23NO2. The minimum absolute atomic E-state index is 0.285. The average molecular weight is 502 g/mol. The van der Waals surface area contributed by atoms with E-state index in [1.807, 2.05) is 18.2 Å². The number of nitrogens with zero attached hydrogens (tertiary/aromatic N) is 1. The van der Waals surface area contributed by atoms with Gasteiger partial charge in [0.15, 0.2) is 0 Å². The highest BCUT2D eigenvalue weighted by atomic mass is 16.2. The maximum atomic E-state index is 12.8. The number of amides is 2. The summed E-state index contributed by atoms with van der Waals surface area (Å²) in [5.74, 6) is 6.63. The fourth-order valence-corrected chi connectivity index (χ4v) is 5.72. The molecule has 2 aliphatic rings. The van der Waals surface area contributed by atoms with Gasteiger partial charge in [-0.25, -0.2) is 0 Å². The Labute approximate surface area is 226 Å². The Morgan fingerprint density at radius 1 is 0.667 bits per heavy atom. The second kappa shape index (κ2) is 8.97. The first kappa shape index (κ1) is 23.0. The molecule has 5 aromatic carbocycles. The lowest BCUT2D eigenvalue weighted by Gasteiger charge is -2.24. The van der Waals surface area contributed by atoms with Gasteiger partial charge in [0.2, 0.25) is 0 Å². The van der Waals surface area contributed by atoms with Crippen LogP contribution in [0, 0.1) is 17.8 Å². The molecule has 0 saturated heterocycles. The first-order valence-corrected chi connectivity index (χ1v) is 13.0. The number of fused-ring (bicyclic) bond motifs is 2. The zero-order valence-electron chi connectivity index (χ0n) is 21.3. The van der Waals surface area contributed by atoms with Crippen LogP contribution in [0.1, 0.15) is 37.4 Å². The van der Waals surface area contributed by atoms with Gasteiger partial charge in [0.25, 0.3) is 11.8 Å². The summed E-state index contributed by atoms with van der Waals surface area (Å²) in [5.41, 5.74) is 4.01. The second-order valence-electron chi connectivity index (χ2n) is 9.89. The predicted molar refractivity (Wildman–Crippen MR) is 159 cm³/mol. The highest BCUT2D eigenvalue weighted by Gasteiger charge is 2.30. The molecule has 0 saturated carbocycles. The molecule has 3 nitrogen and oxygen atoms in total. The average Bonchev–Trinajstić information content (AvgIpc) is 3.50. The van der Waals surface area contributed by atoms with Crippen molar-refractivity contribution in [2.75, 3.05) is 7.05 Å². The van der Waals surface area contributed by atoms with E-state index in [2.05, 4.69) is 96.8 Å². The minimum atomic E-state index is -0.285. The molecule has 3 heteroatoms. The summed E-state index contributed by atoms with van der Waals surface area (Å²) in [6, 6.07) is 26.1. The molecule has 1 heterocycles. The highest BCUT2D eigenvalue weighted by Crippen LogP contribution is 2.35. The van der Waals surface area contributed by atoms with Crippen LogP contribution in [-0.2, 0) is 0 Å². The van der Waals surface area contributed by atoms with Crippen LogP contribution in [0.5, 0.6) is 0 Å². The molecule has 0 N–H and O–H groups in total. The zero-order valence-corrected chi connectivity index (χ0v) is 21.3. The number of carbonyl (C=O) groups excluding carboxylic acids is 2. The Morgan fingerprint density at radius 2 is 1.26 bits per heavy atom. The Hall–Kier alpha value is -5.20. The van der Waals surface area contributed by atoms with Crippen molar-refractivity contribution in [3.05, 3.63) is 137 Å². The molecule has 7 rings (SSSR count). The van der Waals surface area contributed by atoms with Gasteiger partial charge in [-0.2, -0.15) is 0 Å². The molecule has 39 heavy (non-hydrogen) atoms. The Morgan fingerprint density at radius 3 is 1.92 bits per heavy atom. The van der Waals surface area contributed by atoms with Crippen LogP contribution in [0.3, 0.4) is 0 Å². The fraction of sp³-hybridized carbons (Fsp3) is 0.0556. The van der Waals surface area contributed by atoms with E-state index in [1.165, 1.54) is 17.5 Å². The van der Waals surface area contributed by atoms with Crippen molar-refractivity contribution in [3.8, 4) is 11.8 Å². The molecule has 0 bridgehead atoms. The van der Waals surface area contributed by atoms with Crippen LogP contribution >= 0.6 is 0 Å². The third kappa shape index (κ3) is 3.61. The van der Waals surface area contributed by atoms with Crippen LogP contribution in [0.25, 0.3) is 38.4 Å². The maximum Gasteiger partial charge on any atom is 0.261 e. The monoisotopic (exact) mass is 501 g/mol. The fourth-order valence-electron chi connectivity index (χ4n) is 5.72. The number of hydrogen-bond acceptors (Lipinski definition) is 2. The topological polar surface area (TPSA) is 37.4 Å². The molecule has 0 spiro atoms. The van der Waals surface area contributed by atoms with E-state index >= 15 is 0 Å². The quantitative estimate of drug-likeness (QED) is 0.142. The lowest BCUT2D eigenvalue weighted by molar-refractivity contribution is 0.0650. The molecule has 2 amide bonds. The van der Waals surface area contributed by atoms with Crippen molar-refractivity contribution in [2.24, 2.45) is 5.92 Å². The third-order valence-corrected chi connectivity index (χ3v) is 7.67. The van der Waals surface area contributed by atoms with Gasteiger partial charge in [0.1, 0.15) is 0 Å². The van der Waals surface area contributed by atoms with Gasteiger partial charge in [-0.15, -0.1) is 0 Å². The van der Waals surface area contributed by atoms with Crippen LogP contribution in [0.15, 0.2) is 109 Å². The van der Waals surface area contributed by atoms with E-state index in [0.29, 0.717) is 22.4 Å². The molecule has 1 aliphatic carbocycles. The lowest BCUT2D eigenvalue weighted by Crippen LogP contribution is -2.36. The largest absolute Gasteiger partial charge is 0.277 e. The summed E-state index contributed by atoms with van der Waals surface area (Å²) < 4.78 is 0. The van der Waals surface area contributed by atoms with Crippen LogP contribution < -0.4 is 0 Å². The van der Waals surface area contributed by atoms with Crippen molar-refractivity contribution in [2.45, 2.75) is 0 Å². The molecule has 1 aliphatic heterocycles.